The van der Waals surface area contributed by atoms with Crippen molar-refractivity contribution in [3.8, 4) is 0 Å². The Morgan fingerprint density at radius 1 is 1.12 bits per heavy atom. The van der Waals surface area contributed by atoms with E-state index in [1.807, 2.05) is 6.92 Å². The van der Waals surface area contributed by atoms with E-state index in [4.69, 9.17) is 0 Å². The Morgan fingerprint density at radius 2 is 1.81 bits per heavy atom. The molecular formula is C18H23N3O4S. The van der Waals surface area contributed by atoms with Gasteiger partial charge in [-0.15, -0.1) is 0 Å². The Morgan fingerprint density at radius 3 is 2.46 bits per heavy atom. The van der Waals surface area contributed by atoms with Gasteiger partial charge in [-0.2, -0.15) is 4.31 Å². The summed E-state index contributed by atoms with van der Waals surface area (Å²) < 4.78 is 27.7. The Labute approximate surface area is 153 Å². The molecule has 0 spiro atoms. The Bertz CT molecular complexity index is 888. The second-order valence-corrected chi connectivity index (χ2v) is 9.18. The van der Waals surface area contributed by atoms with Gasteiger partial charge in [0.25, 0.3) is 0 Å². The number of benzene rings is 1. The maximum atomic E-state index is 13.1. The molecule has 1 saturated heterocycles. The van der Waals surface area contributed by atoms with Gasteiger partial charge < -0.3 is 9.80 Å². The van der Waals surface area contributed by atoms with Crippen LogP contribution in [0.1, 0.15) is 37.3 Å². The molecule has 4 rings (SSSR count). The first-order valence-corrected chi connectivity index (χ1v) is 10.5. The number of hydrogen-bond donors (Lipinski definition) is 0. The van der Waals surface area contributed by atoms with E-state index in [-0.39, 0.29) is 22.6 Å². The van der Waals surface area contributed by atoms with Crippen LogP contribution >= 0.6 is 0 Å². The zero-order valence-electron chi connectivity index (χ0n) is 15.1. The van der Waals surface area contributed by atoms with Crippen molar-refractivity contribution in [2.24, 2.45) is 0 Å². The van der Waals surface area contributed by atoms with E-state index in [0.29, 0.717) is 32.7 Å². The van der Waals surface area contributed by atoms with Gasteiger partial charge in [0.1, 0.15) is 0 Å². The Balaban J connectivity index is 1.69. The van der Waals surface area contributed by atoms with E-state index < -0.39 is 10.0 Å². The zero-order valence-corrected chi connectivity index (χ0v) is 15.9. The first-order chi connectivity index (χ1) is 12.3. The summed E-state index contributed by atoms with van der Waals surface area (Å²) in [6, 6.07) is 3.42. The van der Waals surface area contributed by atoms with Crippen LogP contribution in [0.25, 0.3) is 0 Å². The lowest BCUT2D eigenvalue weighted by atomic mass is 9.97. The number of carbonyl (C=O) groups is 2. The van der Waals surface area contributed by atoms with Crippen molar-refractivity contribution in [2.45, 2.75) is 37.5 Å². The number of piperazine rings is 1. The number of sulfonamides is 1. The molecule has 0 N–H and O–H groups in total. The van der Waals surface area contributed by atoms with Crippen LogP contribution < -0.4 is 4.90 Å². The molecule has 3 aliphatic heterocycles. The number of rotatable bonds is 2. The van der Waals surface area contributed by atoms with E-state index in [1.54, 1.807) is 21.9 Å². The summed E-state index contributed by atoms with van der Waals surface area (Å²) in [7, 11) is -3.63. The highest BCUT2D eigenvalue weighted by molar-refractivity contribution is 7.89. The normalized spacial score (nSPS) is 23.3. The van der Waals surface area contributed by atoms with Crippen molar-refractivity contribution in [2.75, 3.05) is 37.6 Å². The topological polar surface area (TPSA) is 78.0 Å². The predicted octanol–water partition coefficient (Wildman–Crippen LogP) is 0.936. The maximum Gasteiger partial charge on any atom is 0.243 e. The molecule has 0 aliphatic carbocycles. The predicted molar refractivity (Wildman–Crippen MR) is 96.5 cm³/mol. The van der Waals surface area contributed by atoms with Crippen molar-refractivity contribution < 1.29 is 18.0 Å². The molecule has 140 valence electrons. The van der Waals surface area contributed by atoms with Gasteiger partial charge in [0.15, 0.2) is 0 Å². The molecule has 0 saturated carbocycles. The summed E-state index contributed by atoms with van der Waals surface area (Å²) in [4.78, 5) is 27.7. The fourth-order valence-corrected chi connectivity index (χ4v) is 5.72. The van der Waals surface area contributed by atoms with Crippen molar-refractivity contribution in [1.82, 2.24) is 9.21 Å². The molecule has 2 amide bonds. The van der Waals surface area contributed by atoms with Gasteiger partial charge in [0.05, 0.1) is 16.5 Å². The van der Waals surface area contributed by atoms with Crippen molar-refractivity contribution in [3.05, 3.63) is 23.3 Å². The molecule has 0 bridgehead atoms. The highest BCUT2D eigenvalue weighted by Gasteiger charge is 2.39. The largest absolute Gasteiger partial charge is 0.340 e. The van der Waals surface area contributed by atoms with E-state index in [9.17, 15) is 18.0 Å². The molecule has 1 aromatic rings. The zero-order chi connectivity index (χ0) is 18.6. The number of hydrogen-bond acceptors (Lipinski definition) is 4. The molecule has 1 atom stereocenters. The molecular weight excluding hydrogens is 354 g/mol. The van der Waals surface area contributed by atoms with Crippen molar-refractivity contribution in [3.63, 3.8) is 0 Å². The minimum Gasteiger partial charge on any atom is -0.340 e. The van der Waals surface area contributed by atoms with Gasteiger partial charge in [-0.1, -0.05) is 0 Å². The second kappa shape index (κ2) is 6.06. The summed E-state index contributed by atoms with van der Waals surface area (Å²) >= 11 is 0. The summed E-state index contributed by atoms with van der Waals surface area (Å²) in [6.07, 6.45) is 1.64. The average Bonchev–Trinajstić information content (AvgIpc) is 2.88. The van der Waals surface area contributed by atoms with Gasteiger partial charge in [-0.3, -0.25) is 9.59 Å². The smallest absolute Gasteiger partial charge is 0.243 e. The van der Waals surface area contributed by atoms with Crippen LogP contribution in [-0.4, -0.2) is 62.2 Å². The lowest BCUT2D eigenvalue weighted by molar-refractivity contribution is -0.130. The number of aryl methyl sites for hydroxylation is 1. The van der Waals surface area contributed by atoms with Gasteiger partial charge in [-0.05, 0) is 43.0 Å². The molecule has 1 aromatic carbocycles. The highest BCUT2D eigenvalue weighted by atomic mass is 32.2. The van der Waals surface area contributed by atoms with Crippen LogP contribution in [0.2, 0.25) is 0 Å². The first-order valence-electron chi connectivity index (χ1n) is 9.04. The molecule has 7 nitrogen and oxygen atoms in total. The summed E-state index contributed by atoms with van der Waals surface area (Å²) in [6.45, 7) is 5.48. The lowest BCUT2D eigenvalue weighted by Crippen LogP contribution is -2.49. The first kappa shape index (κ1) is 17.5. The van der Waals surface area contributed by atoms with E-state index >= 15 is 0 Å². The second-order valence-electron chi connectivity index (χ2n) is 7.25. The summed E-state index contributed by atoms with van der Waals surface area (Å²) in [5.41, 5.74) is 2.70. The SMILES string of the molecule is CC(=O)N1CCN(S(=O)(=O)c2cc3c4c(c2)C(C)C(=O)N4CCC3)CC1. The molecule has 1 unspecified atom stereocenters. The van der Waals surface area contributed by atoms with E-state index in [0.717, 1.165) is 29.7 Å². The van der Waals surface area contributed by atoms with Crippen molar-refractivity contribution in [1.29, 1.82) is 0 Å². The molecule has 3 aliphatic rings. The number of amides is 2. The Hall–Kier alpha value is -1.93. The third-order valence-electron chi connectivity index (χ3n) is 5.71. The van der Waals surface area contributed by atoms with Gasteiger partial charge in [-0.25, -0.2) is 8.42 Å². The fraction of sp³-hybridized carbons (Fsp3) is 0.556. The third kappa shape index (κ3) is 2.54. The minimum absolute atomic E-state index is 0.0311. The van der Waals surface area contributed by atoms with E-state index in [1.165, 1.54) is 11.2 Å². The van der Waals surface area contributed by atoms with E-state index in [2.05, 4.69) is 0 Å². The summed E-state index contributed by atoms with van der Waals surface area (Å²) in [5, 5.41) is 0. The van der Waals surface area contributed by atoms with Crippen LogP contribution in [0, 0.1) is 0 Å². The van der Waals surface area contributed by atoms with Crippen LogP contribution in [-0.2, 0) is 26.0 Å². The quantitative estimate of drug-likeness (QED) is 0.768. The van der Waals surface area contributed by atoms with Crippen LogP contribution in [0.3, 0.4) is 0 Å². The van der Waals surface area contributed by atoms with Crippen LogP contribution in [0.5, 0.6) is 0 Å². The number of nitrogens with zero attached hydrogens (tertiary/aromatic N) is 3. The third-order valence-corrected chi connectivity index (χ3v) is 7.59. The standard InChI is InChI=1S/C18H23N3O4S/c1-12-16-11-15(10-14-4-3-5-21(17(14)16)18(12)23)26(24,25)20-8-6-19(7-9-20)13(2)22/h10-12H,3-9H2,1-2H3. The molecule has 0 radical (unpaired) electrons. The molecule has 3 heterocycles. The fourth-order valence-electron chi connectivity index (χ4n) is 4.21. The number of carbonyl (C=O) groups excluding carboxylic acids is 2. The van der Waals surface area contributed by atoms with Crippen LogP contribution in [0.4, 0.5) is 5.69 Å². The molecule has 26 heavy (non-hydrogen) atoms. The van der Waals surface area contributed by atoms with Crippen molar-refractivity contribution >= 4 is 27.5 Å². The highest BCUT2D eigenvalue weighted by Crippen LogP contribution is 2.44. The average molecular weight is 377 g/mol. The summed E-state index contributed by atoms with van der Waals surface area (Å²) in [5.74, 6) is -0.270. The van der Waals surface area contributed by atoms with Gasteiger partial charge in [0.2, 0.25) is 21.8 Å². The number of anilines is 1. The van der Waals surface area contributed by atoms with Crippen LogP contribution in [0.15, 0.2) is 17.0 Å². The molecule has 1 fully saturated rings. The van der Waals surface area contributed by atoms with Gasteiger partial charge in [0, 0.05) is 39.6 Å². The minimum atomic E-state index is -3.63. The lowest BCUT2D eigenvalue weighted by Gasteiger charge is -2.33. The molecule has 0 aromatic heterocycles. The Kier molecular flexibility index (Phi) is 4.07. The maximum absolute atomic E-state index is 13.1. The van der Waals surface area contributed by atoms with Gasteiger partial charge >= 0.3 is 0 Å². The monoisotopic (exact) mass is 377 g/mol. The molecule has 8 heteroatoms.